The molecule has 0 aromatic carbocycles. The molecule has 0 aromatic heterocycles. The van der Waals surface area contributed by atoms with Crippen molar-refractivity contribution in [2.75, 3.05) is 0 Å². The third-order valence-electron chi connectivity index (χ3n) is 1.92. The van der Waals surface area contributed by atoms with Gasteiger partial charge in [0.05, 0.1) is 0 Å². The van der Waals surface area contributed by atoms with Crippen molar-refractivity contribution >= 4 is 6.72 Å². The number of rotatable bonds is 4. The molecule has 11 heavy (non-hydrogen) atoms. The number of hydrogen-bond donors (Lipinski definition) is 0. The predicted octanol–water partition coefficient (Wildman–Crippen LogP) is 3.42. The Balaban J connectivity index is 4.43. The van der Waals surface area contributed by atoms with E-state index in [0.29, 0.717) is 5.92 Å². The maximum atomic E-state index is 3.96. The Hall–Kier alpha value is -0.590. The summed E-state index contributed by atoms with van der Waals surface area (Å²) in [6, 6.07) is 0. The van der Waals surface area contributed by atoms with Crippen molar-refractivity contribution in [2.24, 2.45) is 10.9 Å². The van der Waals surface area contributed by atoms with Gasteiger partial charge in [0, 0.05) is 5.70 Å². The van der Waals surface area contributed by atoms with Crippen LogP contribution in [0.15, 0.2) is 16.3 Å². The lowest BCUT2D eigenvalue weighted by atomic mass is 9.97. The van der Waals surface area contributed by atoms with Crippen molar-refractivity contribution in [3.05, 3.63) is 11.3 Å². The van der Waals surface area contributed by atoms with Crippen LogP contribution < -0.4 is 0 Å². The van der Waals surface area contributed by atoms with Crippen molar-refractivity contribution in [1.82, 2.24) is 0 Å². The van der Waals surface area contributed by atoms with Gasteiger partial charge in [0.15, 0.2) is 0 Å². The highest BCUT2D eigenvalue weighted by Gasteiger charge is 2.04. The van der Waals surface area contributed by atoms with E-state index in [-0.39, 0.29) is 0 Å². The lowest BCUT2D eigenvalue weighted by Gasteiger charge is -2.11. The largest absolute Gasteiger partial charge is 0.269 e. The van der Waals surface area contributed by atoms with Gasteiger partial charge in [0.2, 0.25) is 0 Å². The van der Waals surface area contributed by atoms with Gasteiger partial charge < -0.3 is 0 Å². The van der Waals surface area contributed by atoms with Crippen molar-refractivity contribution < 1.29 is 0 Å². The van der Waals surface area contributed by atoms with Gasteiger partial charge in [-0.15, -0.1) is 0 Å². The molecule has 0 N–H and O–H groups in total. The fourth-order valence-corrected chi connectivity index (χ4v) is 1.26. The van der Waals surface area contributed by atoms with Crippen molar-refractivity contribution in [3.63, 3.8) is 0 Å². The Labute approximate surface area is 70.2 Å². The third kappa shape index (κ3) is 3.35. The summed E-state index contributed by atoms with van der Waals surface area (Å²) in [4.78, 5) is 3.96. The monoisotopic (exact) mass is 153 g/mol. The van der Waals surface area contributed by atoms with Crippen LogP contribution in [0.1, 0.15) is 40.5 Å². The molecule has 0 aliphatic heterocycles. The fraction of sp³-hybridized carbons (Fsp3) is 0.700. The average Bonchev–Trinajstić information content (AvgIpc) is 1.98. The summed E-state index contributed by atoms with van der Waals surface area (Å²) < 4.78 is 0. The smallest absolute Gasteiger partial charge is 0.0360 e. The molecule has 0 unspecified atom stereocenters. The summed E-state index contributed by atoms with van der Waals surface area (Å²) in [6.45, 7) is 12.2. The molecule has 0 spiro atoms. The maximum Gasteiger partial charge on any atom is 0.0360 e. The SMILES string of the molecule is C=N/C(C)=C(\CCC)C(C)C. The van der Waals surface area contributed by atoms with E-state index < -0.39 is 0 Å². The number of allylic oxidation sites excluding steroid dienone is 2. The zero-order chi connectivity index (χ0) is 8.85. The van der Waals surface area contributed by atoms with Gasteiger partial charge in [-0.25, -0.2) is 0 Å². The Morgan fingerprint density at radius 3 is 2.27 bits per heavy atom. The zero-order valence-corrected chi connectivity index (χ0v) is 8.15. The van der Waals surface area contributed by atoms with Crippen LogP contribution in [-0.2, 0) is 0 Å². The minimum Gasteiger partial charge on any atom is -0.269 e. The molecule has 1 nitrogen and oxygen atoms in total. The highest BCUT2D eigenvalue weighted by Crippen LogP contribution is 2.20. The van der Waals surface area contributed by atoms with E-state index in [1.807, 2.05) is 6.92 Å². The Morgan fingerprint density at radius 1 is 1.45 bits per heavy atom. The maximum absolute atomic E-state index is 3.96. The molecule has 0 saturated heterocycles. The second-order valence-corrected chi connectivity index (χ2v) is 3.17. The first-order chi connectivity index (χ1) is 5.13. The molecule has 0 aliphatic rings. The molecule has 0 saturated carbocycles. The molecule has 0 rings (SSSR count). The Morgan fingerprint density at radius 2 is 2.00 bits per heavy atom. The Kier molecular flexibility index (Phi) is 4.84. The van der Waals surface area contributed by atoms with E-state index in [0.717, 1.165) is 12.1 Å². The summed E-state index contributed by atoms with van der Waals surface area (Å²) in [5.41, 5.74) is 2.56. The standard InChI is InChI=1S/C10H19N/c1-6-7-10(8(2)3)9(4)11-5/h8H,5-7H2,1-4H3/b10-9+. The molecule has 64 valence electrons. The van der Waals surface area contributed by atoms with Crippen molar-refractivity contribution in [3.8, 4) is 0 Å². The molecule has 0 heterocycles. The van der Waals surface area contributed by atoms with E-state index in [1.54, 1.807) is 0 Å². The molecule has 0 bridgehead atoms. The first-order valence-corrected chi connectivity index (χ1v) is 4.29. The van der Waals surface area contributed by atoms with Gasteiger partial charge in [-0.3, -0.25) is 4.99 Å². The second-order valence-electron chi connectivity index (χ2n) is 3.17. The molecule has 0 fully saturated rings. The lowest BCUT2D eigenvalue weighted by molar-refractivity contribution is 0.688. The molecule has 0 amide bonds. The molecule has 0 atom stereocenters. The normalized spacial score (nSPS) is 13.2. The van der Waals surface area contributed by atoms with Crippen LogP contribution in [0.3, 0.4) is 0 Å². The number of nitrogens with zero attached hydrogens (tertiary/aromatic N) is 1. The fourth-order valence-electron chi connectivity index (χ4n) is 1.26. The highest BCUT2D eigenvalue weighted by atomic mass is 14.7. The second kappa shape index (κ2) is 5.11. The molecule has 1 heteroatoms. The summed E-state index contributed by atoms with van der Waals surface area (Å²) in [7, 11) is 0. The topological polar surface area (TPSA) is 12.4 Å². The van der Waals surface area contributed by atoms with Gasteiger partial charge in [-0.1, -0.05) is 27.2 Å². The molecular weight excluding hydrogens is 134 g/mol. The van der Waals surface area contributed by atoms with Gasteiger partial charge >= 0.3 is 0 Å². The summed E-state index contributed by atoms with van der Waals surface area (Å²) >= 11 is 0. The van der Waals surface area contributed by atoms with E-state index in [4.69, 9.17) is 0 Å². The van der Waals surface area contributed by atoms with Crippen molar-refractivity contribution in [1.29, 1.82) is 0 Å². The van der Waals surface area contributed by atoms with Crippen LogP contribution >= 0.6 is 0 Å². The van der Waals surface area contributed by atoms with Gasteiger partial charge in [-0.2, -0.15) is 0 Å². The van der Waals surface area contributed by atoms with Crippen LogP contribution in [0.2, 0.25) is 0 Å². The van der Waals surface area contributed by atoms with Crippen LogP contribution in [0, 0.1) is 5.92 Å². The van der Waals surface area contributed by atoms with Gasteiger partial charge in [-0.05, 0) is 31.6 Å². The van der Waals surface area contributed by atoms with E-state index in [1.165, 1.54) is 12.0 Å². The number of hydrogen-bond acceptors (Lipinski definition) is 1. The predicted molar refractivity (Wildman–Crippen MR) is 52.0 cm³/mol. The van der Waals surface area contributed by atoms with Crippen LogP contribution in [0.5, 0.6) is 0 Å². The molecule has 0 radical (unpaired) electrons. The highest BCUT2D eigenvalue weighted by molar-refractivity contribution is 5.30. The molecule has 0 aromatic rings. The van der Waals surface area contributed by atoms with E-state index in [2.05, 4.69) is 32.5 Å². The minimum atomic E-state index is 0.612. The zero-order valence-electron chi connectivity index (χ0n) is 8.15. The summed E-state index contributed by atoms with van der Waals surface area (Å²) in [5, 5.41) is 0. The van der Waals surface area contributed by atoms with Crippen molar-refractivity contribution in [2.45, 2.75) is 40.5 Å². The summed E-state index contributed by atoms with van der Waals surface area (Å²) in [6.07, 6.45) is 2.35. The third-order valence-corrected chi connectivity index (χ3v) is 1.92. The quantitative estimate of drug-likeness (QED) is 0.549. The minimum absolute atomic E-state index is 0.612. The lowest BCUT2D eigenvalue weighted by Crippen LogP contribution is -1.96. The van der Waals surface area contributed by atoms with Crippen LogP contribution in [-0.4, -0.2) is 6.72 Å². The molecular formula is C10H19N. The van der Waals surface area contributed by atoms with Gasteiger partial charge in [0.1, 0.15) is 0 Å². The Bertz CT molecular complexity index is 154. The summed E-state index contributed by atoms with van der Waals surface area (Å²) in [5.74, 6) is 0.612. The van der Waals surface area contributed by atoms with E-state index >= 15 is 0 Å². The van der Waals surface area contributed by atoms with Crippen LogP contribution in [0.4, 0.5) is 0 Å². The number of aliphatic imine (C=N–C) groups is 1. The first kappa shape index (κ1) is 10.4. The van der Waals surface area contributed by atoms with E-state index in [9.17, 15) is 0 Å². The van der Waals surface area contributed by atoms with Gasteiger partial charge in [0.25, 0.3) is 0 Å². The average molecular weight is 153 g/mol. The first-order valence-electron chi connectivity index (χ1n) is 4.29. The molecule has 0 aliphatic carbocycles. The van der Waals surface area contributed by atoms with Crippen LogP contribution in [0.25, 0.3) is 0 Å².